The van der Waals surface area contributed by atoms with Crippen LogP contribution in [0.1, 0.15) is 39.0 Å². The van der Waals surface area contributed by atoms with E-state index in [0.29, 0.717) is 0 Å². The number of unbranched alkanes of at least 4 members (excludes halogenated alkanes) is 4. The van der Waals surface area contributed by atoms with Gasteiger partial charge in [0.1, 0.15) is 0 Å². The Morgan fingerprint density at radius 3 is 1.72 bits per heavy atom. The molecule has 0 aliphatic rings. The Kier molecular flexibility index (Phi) is 17.8. The van der Waals surface area contributed by atoms with Crippen LogP contribution < -0.4 is 34.5 Å². The summed E-state index contributed by atoms with van der Waals surface area (Å²) in [6.07, 6.45) is 5.16. The van der Waals surface area contributed by atoms with Crippen molar-refractivity contribution in [3.63, 3.8) is 0 Å². The van der Waals surface area contributed by atoms with Crippen LogP contribution in [0.25, 0.3) is 0 Å². The molecule has 0 saturated carbocycles. The van der Waals surface area contributed by atoms with Gasteiger partial charge in [0.05, 0.1) is 6.61 Å². The van der Waals surface area contributed by atoms with Gasteiger partial charge in [0.25, 0.3) is 7.82 Å². The molecule has 0 aliphatic heterocycles. The molecule has 0 aliphatic carbocycles. The summed E-state index contributed by atoms with van der Waals surface area (Å²) in [5, 5.41) is 0. The van der Waals surface area contributed by atoms with Crippen LogP contribution in [0.2, 0.25) is 0 Å². The number of rotatable bonds is 7. The van der Waals surface area contributed by atoms with Gasteiger partial charge in [0.2, 0.25) is 0 Å². The van der Waals surface area contributed by atoms with Crippen molar-refractivity contribution in [1.82, 2.24) is 0 Å². The van der Waals surface area contributed by atoms with E-state index in [2.05, 4.69) is 11.4 Å². The molecule has 0 spiro atoms. The van der Waals surface area contributed by atoms with E-state index in [-0.39, 0.29) is 36.2 Å². The third-order valence-corrected chi connectivity index (χ3v) is 2.03. The van der Waals surface area contributed by atoms with Crippen LogP contribution in [0.5, 0.6) is 0 Å². The largest absolute Gasteiger partial charge is 1.00 e. The minimum atomic E-state index is -4.89. The average Bonchev–Trinajstić information content (AvgIpc) is 2.06. The van der Waals surface area contributed by atoms with Gasteiger partial charge < -0.3 is 24.5 Å². The van der Waals surface area contributed by atoms with Crippen molar-refractivity contribution in [1.29, 1.82) is 0 Å². The summed E-state index contributed by atoms with van der Waals surface area (Å²) in [6.45, 7) is 2.28. The van der Waals surface area contributed by atoms with E-state index in [0.717, 1.165) is 19.3 Å². The molecule has 0 aromatic rings. The van der Waals surface area contributed by atoms with Crippen LogP contribution >= 0.6 is 15.6 Å². The van der Waals surface area contributed by atoms with E-state index in [4.69, 9.17) is 29.0 Å². The second kappa shape index (κ2) is 13.2. The molecule has 0 heterocycles. The fraction of sp³-hybridized carbons (Fsp3) is 1.00. The summed E-state index contributed by atoms with van der Waals surface area (Å²) in [4.78, 5) is 39.5. The minimum absolute atomic E-state index is 0. The SMILES string of the molecule is CCCCCCCOP(=O)(O)O.O=P([O-])(O)O.[Na+]. The third kappa shape index (κ3) is 43.4. The topological polar surface area (TPSA) is 147 Å². The molecule has 0 rings (SSSR count). The monoisotopic (exact) mass is 316 g/mol. The second-order valence-corrected chi connectivity index (χ2v) is 5.45. The Hall–Kier alpha value is 1.22. The first-order valence-corrected chi connectivity index (χ1v) is 8.09. The van der Waals surface area contributed by atoms with Gasteiger partial charge >= 0.3 is 37.4 Å². The first-order chi connectivity index (χ1) is 7.56. The Bertz CT molecular complexity index is 254. The molecule has 0 unspecified atom stereocenters. The van der Waals surface area contributed by atoms with Gasteiger partial charge in [0.15, 0.2) is 0 Å². The van der Waals surface area contributed by atoms with Crippen molar-refractivity contribution in [2.24, 2.45) is 0 Å². The Morgan fingerprint density at radius 1 is 1.00 bits per heavy atom. The average molecular weight is 316 g/mol. The van der Waals surface area contributed by atoms with Gasteiger partial charge in [-0.05, 0) is 6.42 Å². The summed E-state index contributed by atoms with van der Waals surface area (Å²) < 4.78 is 23.2. The zero-order chi connectivity index (χ0) is 13.9. The Labute approximate surface area is 129 Å². The molecule has 0 aromatic heterocycles. The zero-order valence-corrected chi connectivity index (χ0v) is 14.3. The second-order valence-electron chi connectivity index (χ2n) is 3.23. The maximum atomic E-state index is 10.2. The summed E-state index contributed by atoms with van der Waals surface area (Å²) in [5.74, 6) is 0. The maximum absolute atomic E-state index is 10.2. The first kappa shape index (κ1) is 24.3. The van der Waals surface area contributed by atoms with Crippen molar-refractivity contribution >= 4 is 15.6 Å². The van der Waals surface area contributed by atoms with Crippen molar-refractivity contribution in [3.05, 3.63) is 0 Å². The van der Waals surface area contributed by atoms with Gasteiger partial charge in [-0.15, -0.1) is 0 Å². The molecule has 18 heavy (non-hydrogen) atoms. The number of hydrogen-bond acceptors (Lipinski definition) is 4. The smallest absolute Gasteiger partial charge is 0.756 e. The van der Waals surface area contributed by atoms with Gasteiger partial charge in [-0.3, -0.25) is 9.09 Å². The predicted molar refractivity (Wildman–Crippen MR) is 58.8 cm³/mol. The molecular weight excluding hydrogens is 297 g/mol. The van der Waals surface area contributed by atoms with E-state index >= 15 is 0 Å². The maximum Gasteiger partial charge on any atom is 1.00 e. The quantitative estimate of drug-likeness (QED) is 0.229. The van der Waals surface area contributed by atoms with E-state index in [1.807, 2.05) is 0 Å². The summed E-state index contributed by atoms with van der Waals surface area (Å²) in [6, 6.07) is 0. The van der Waals surface area contributed by atoms with Crippen LogP contribution in [0, 0.1) is 0 Å². The number of phosphoric acid groups is 2. The van der Waals surface area contributed by atoms with E-state index in [9.17, 15) is 4.57 Å². The third-order valence-electron chi connectivity index (χ3n) is 1.51. The summed E-state index contributed by atoms with van der Waals surface area (Å²) in [7, 11) is -9.11. The predicted octanol–water partition coefficient (Wildman–Crippen LogP) is -2.49. The zero-order valence-electron chi connectivity index (χ0n) is 10.6. The normalized spacial score (nSPS) is 11.2. The molecule has 0 fully saturated rings. The molecule has 0 amide bonds. The molecule has 4 N–H and O–H groups in total. The standard InChI is InChI=1S/C7H17O4P.Na.H3O4P/c1-2-3-4-5-6-7-11-12(8,9)10;;1-5(2,3)4/h2-7H2,1H3,(H2,8,9,10);;(H3,1,2,3,4)/q;+1;/p-1. The number of hydrogen-bond donors (Lipinski definition) is 4. The molecule has 106 valence electrons. The van der Waals surface area contributed by atoms with E-state index in [1.54, 1.807) is 0 Å². The van der Waals surface area contributed by atoms with Crippen LogP contribution in [-0.4, -0.2) is 26.2 Å². The van der Waals surface area contributed by atoms with Crippen molar-refractivity contribution < 1.29 is 67.7 Å². The molecular formula is C7H19NaO8P2. The molecule has 0 aromatic carbocycles. The molecule has 0 saturated heterocycles. The fourth-order valence-electron chi connectivity index (χ4n) is 0.889. The van der Waals surface area contributed by atoms with Gasteiger partial charge in [-0.2, -0.15) is 0 Å². The summed E-state index contributed by atoms with van der Waals surface area (Å²) in [5.41, 5.74) is 0. The molecule has 0 radical (unpaired) electrons. The van der Waals surface area contributed by atoms with Crippen LogP contribution in [-0.2, 0) is 13.7 Å². The minimum Gasteiger partial charge on any atom is -0.756 e. The Morgan fingerprint density at radius 2 is 1.39 bits per heavy atom. The number of phosphoric ester groups is 1. The van der Waals surface area contributed by atoms with E-state index < -0.39 is 15.6 Å². The molecule has 8 nitrogen and oxygen atoms in total. The molecule has 0 bridgehead atoms. The van der Waals surface area contributed by atoms with E-state index in [1.165, 1.54) is 12.8 Å². The van der Waals surface area contributed by atoms with Gasteiger partial charge in [-0.1, -0.05) is 32.6 Å². The first-order valence-electron chi connectivity index (χ1n) is 5.03. The molecule has 11 heteroatoms. The summed E-state index contributed by atoms with van der Waals surface area (Å²) >= 11 is 0. The van der Waals surface area contributed by atoms with Crippen LogP contribution in [0.4, 0.5) is 0 Å². The van der Waals surface area contributed by atoms with Crippen molar-refractivity contribution in [2.75, 3.05) is 6.61 Å². The molecule has 0 atom stereocenters. The Balaban J connectivity index is -0.000000321. The van der Waals surface area contributed by atoms with Crippen LogP contribution in [0.15, 0.2) is 0 Å². The van der Waals surface area contributed by atoms with Crippen LogP contribution in [0.3, 0.4) is 0 Å². The van der Waals surface area contributed by atoms with Crippen molar-refractivity contribution in [3.8, 4) is 0 Å². The fourth-order valence-corrected chi connectivity index (χ4v) is 1.26. The van der Waals surface area contributed by atoms with Gasteiger partial charge in [-0.25, -0.2) is 4.57 Å². The van der Waals surface area contributed by atoms with Gasteiger partial charge in [0, 0.05) is 0 Å². The van der Waals surface area contributed by atoms with Crippen molar-refractivity contribution in [2.45, 2.75) is 39.0 Å².